The summed E-state index contributed by atoms with van der Waals surface area (Å²) < 4.78 is 3.50. The van der Waals surface area contributed by atoms with E-state index in [1.807, 2.05) is 11.3 Å². The average molecular weight is 538 g/mol. The van der Waals surface area contributed by atoms with Gasteiger partial charge in [-0.3, -0.25) is 0 Å². The van der Waals surface area contributed by atoms with Gasteiger partial charge >= 0.3 is 0 Å². The number of rotatable bonds is 9. The number of halogens is 1. The molecule has 1 heterocycles. The molecule has 0 saturated heterocycles. The second-order valence-electron chi connectivity index (χ2n) is 8.47. The zero-order chi connectivity index (χ0) is 20.8. The van der Waals surface area contributed by atoms with Gasteiger partial charge in [0.25, 0.3) is 0 Å². The summed E-state index contributed by atoms with van der Waals surface area (Å²) in [5, 5.41) is 1.34. The lowest BCUT2D eigenvalue weighted by Gasteiger charge is -2.14. The smallest absolute Gasteiger partial charge is 0.204 e. The van der Waals surface area contributed by atoms with Crippen LogP contribution in [0.4, 0.5) is 5.69 Å². The van der Waals surface area contributed by atoms with Crippen molar-refractivity contribution in [3.63, 3.8) is 0 Å². The fourth-order valence-corrected chi connectivity index (χ4v) is 4.88. The summed E-state index contributed by atoms with van der Waals surface area (Å²) in [7, 11) is 8.47. The van der Waals surface area contributed by atoms with E-state index in [0.29, 0.717) is 0 Å². The highest BCUT2D eigenvalue weighted by molar-refractivity contribution is 7.21. The van der Waals surface area contributed by atoms with Crippen LogP contribution in [0.3, 0.4) is 0 Å². The number of unbranched alkanes of at least 4 members (excludes halogenated alkanes) is 6. The van der Waals surface area contributed by atoms with Gasteiger partial charge in [0.05, 0.1) is 20.8 Å². The molecule has 1 aliphatic heterocycles. The first kappa shape index (κ1) is 25.1. The van der Waals surface area contributed by atoms with Gasteiger partial charge in [0.2, 0.25) is 5.36 Å². The van der Waals surface area contributed by atoms with Crippen LogP contribution in [-0.4, -0.2) is 33.2 Å². The Labute approximate surface area is 203 Å². The van der Waals surface area contributed by atoms with E-state index in [1.54, 1.807) is 0 Å². The molecule has 0 saturated carbocycles. The van der Waals surface area contributed by atoms with E-state index >= 15 is 0 Å². The van der Waals surface area contributed by atoms with E-state index in [-0.39, 0.29) is 24.0 Å². The van der Waals surface area contributed by atoms with Crippen molar-refractivity contribution in [3.8, 4) is 10.6 Å². The van der Waals surface area contributed by atoms with Crippen molar-refractivity contribution in [2.75, 3.05) is 33.1 Å². The molecule has 0 fully saturated rings. The lowest BCUT2D eigenvalue weighted by Crippen LogP contribution is -3.00. The number of anilines is 1. The highest BCUT2D eigenvalue weighted by Gasteiger charge is 2.14. The monoisotopic (exact) mass is 537 g/mol. The van der Waals surface area contributed by atoms with Gasteiger partial charge in [-0.15, -0.1) is 11.3 Å². The summed E-state index contributed by atoms with van der Waals surface area (Å²) in [5.74, 6) is 0. The van der Waals surface area contributed by atoms with Crippen LogP contribution in [0.15, 0.2) is 30.3 Å². The molecule has 0 spiro atoms. The molecule has 0 radical (unpaired) electrons. The normalized spacial score (nSPS) is 11.0. The van der Waals surface area contributed by atoms with Crippen LogP contribution in [0.1, 0.15) is 57.4 Å². The number of fused-ring (bicyclic) bond motifs is 2. The summed E-state index contributed by atoms with van der Waals surface area (Å²) in [6.07, 6.45) is 10.6. The topological polar surface area (TPSA) is 19.1 Å². The first-order chi connectivity index (χ1) is 14.0. The minimum Gasteiger partial charge on any atom is -1.00 e. The van der Waals surface area contributed by atoms with Crippen molar-refractivity contribution in [1.29, 1.82) is 0 Å². The second kappa shape index (κ2) is 12.0. The standard InChI is InChI=1S/C25H36N3S.HI/c1-6-7-8-9-10-11-12-13-19-16-22-25(18-23(19)28(4)5)29-24-17-20(27(2)3)14-15-21(24)26-22;/h14-18H,6-13H2,1-5H3;1H/q+1;/p-1. The number of hydrogen-bond acceptors (Lipinski definition) is 3. The molecule has 0 bridgehead atoms. The van der Waals surface area contributed by atoms with Gasteiger partial charge in [0.15, 0.2) is 0 Å². The van der Waals surface area contributed by atoms with Crippen LogP contribution in [-0.2, 0) is 6.42 Å². The third kappa shape index (κ3) is 6.39. The Kier molecular flexibility index (Phi) is 10.0. The fraction of sp³-hybridized carbons (Fsp3) is 0.520. The van der Waals surface area contributed by atoms with Crippen molar-refractivity contribution in [2.45, 2.75) is 58.3 Å². The largest absolute Gasteiger partial charge is 1.00 e. The van der Waals surface area contributed by atoms with Crippen molar-refractivity contribution < 1.29 is 24.0 Å². The van der Waals surface area contributed by atoms with Crippen LogP contribution < -0.4 is 38.8 Å². The Bertz CT molecular complexity index is 989. The maximum atomic E-state index is 4.99. The van der Waals surface area contributed by atoms with Crippen molar-refractivity contribution in [2.24, 2.45) is 0 Å². The number of hydrogen-bond donors (Lipinski definition) is 0. The summed E-state index contributed by atoms with van der Waals surface area (Å²) >= 11 is 1.85. The Hall–Kier alpha value is -1.21. The molecule has 0 unspecified atom stereocenters. The van der Waals surface area contributed by atoms with Gasteiger partial charge in [-0.05, 0) is 37.1 Å². The highest BCUT2D eigenvalue weighted by Crippen LogP contribution is 2.32. The fourth-order valence-electron chi connectivity index (χ4n) is 3.86. The number of benzene rings is 2. The van der Waals surface area contributed by atoms with Gasteiger partial charge < -0.3 is 28.9 Å². The third-order valence-electron chi connectivity index (χ3n) is 5.61. The molecule has 1 aromatic carbocycles. The van der Waals surface area contributed by atoms with E-state index in [1.165, 1.54) is 71.1 Å². The summed E-state index contributed by atoms with van der Waals surface area (Å²) in [4.78, 5) is 8.40. The van der Waals surface area contributed by atoms with E-state index < -0.39 is 0 Å². The molecule has 164 valence electrons. The molecule has 1 aromatic rings. The molecule has 30 heavy (non-hydrogen) atoms. The van der Waals surface area contributed by atoms with E-state index in [0.717, 1.165) is 17.6 Å². The van der Waals surface area contributed by atoms with Crippen LogP contribution in [0.25, 0.3) is 20.8 Å². The van der Waals surface area contributed by atoms with Crippen LogP contribution in [0.2, 0.25) is 0 Å². The van der Waals surface area contributed by atoms with Crippen molar-refractivity contribution >= 4 is 27.2 Å². The average Bonchev–Trinajstić information content (AvgIpc) is 2.70. The Morgan fingerprint density at radius 2 is 1.63 bits per heavy atom. The number of aromatic nitrogens is 1. The van der Waals surface area contributed by atoms with Crippen molar-refractivity contribution in [3.05, 3.63) is 41.3 Å². The SMILES string of the molecule is CCCCCCCCCc1cc2nc3ccc(N(C)C)cc3sc-2cc1=[N+](C)C.[I-]. The van der Waals surface area contributed by atoms with Crippen molar-refractivity contribution in [1.82, 2.24) is 9.56 Å². The first-order valence-electron chi connectivity index (χ1n) is 11.0. The molecule has 0 atom stereocenters. The minimum absolute atomic E-state index is 0. The molecule has 2 aliphatic rings. The van der Waals surface area contributed by atoms with E-state index in [4.69, 9.17) is 4.98 Å². The maximum Gasteiger partial charge on any atom is 0.204 e. The van der Waals surface area contributed by atoms with E-state index in [2.05, 4.69) is 74.9 Å². The lowest BCUT2D eigenvalue weighted by atomic mass is 10.0. The molecule has 3 nitrogen and oxygen atoms in total. The van der Waals surface area contributed by atoms with Gasteiger partial charge in [0, 0.05) is 31.4 Å². The quantitative estimate of drug-likeness (QED) is 0.181. The maximum absolute atomic E-state index is 4.99. The molecule has 5 heteroatoms. The molecule has 0 aromatic heterocycles. The molecular weight excluding hydrogens is 501 g/mol. The van der Waals surface area contributed by atoms with Gasteiger partial charge in [-0.25, -0.2) is 9.56 Å². The van der Waals surface area contributed by atoms with Gasteiger partial charge in [-0.2, -0.15) is 0 Å². The third-order valence-corrected chi connectivity index (χ3v) is 6.71. The molecule has 3 rings (SSSR count). The zero-order valence-corrected chi connectivity index (χ0v) is 22.1. The molecule has 0 N–H and O–H groups in total. The second-order valence-corrected chi connectivity index (χ2v) is 9.56. The molecular formula is C25H36IN3S. The first-order valence-corrected chi connectivity index (χ1v) is 11.9. The van der Waals surface area contributed by atoms with Gasteiger partial charge in [-0.1, -0.05) is 45.4 Å². The Morgan fingerprint density at radius 3 is 2.30 bits per heavy atom. The predicted molar refractivity (Wildman–Crippen MR) is 129 cm³/mol. The summed E-state index contributed by atoms with van der Waals surface area (Å²) in [5.41, 5.74) is 4.87. The Morgan fingerprint density at radius 1 is 0.933 bits per heavy atom. The van der Waals surface area contributed by atoms with Crippen LogP contribution in [0.5, 0.6) is 0 Å². The number of nitrogens with zero attached hydrogens (tertiary/aromatic N) is 3. The number of aryl methyl sites for hydroxylation is 1. The van der Waals surface area contributed by atoms with Gasteiger partial charge in [0.1, 0.15) is 14.1 Å². The minimum atomic E-state index is 0. The summed E-state index contributed by atoms with van der Waals surface area (Å²) in [6, 6.07) is 11.2. The zero-order valence-electron chi connectivity index (χ0n) is 19.2. The molecule has 1 aliphatic carbocycles. The van der Waals surface area contributed by atoms with E-state index in [9.17, 15) is 0 Å². The van der Waals surface area contributed by atoms with Crippen LogP contribution in [0, 0.1) is 0 Å². The molecule has 0 amide bonds. The summed E-state index contributed by atoms with van der Waals surface area (Å²) in [6.45, 7) is 2.28. The van der Waals surface area contributed by atoms with Crippen LogP contribution >= 0.6 is 11.3 Å². The predicted octanol–water partition coefficient (Wildman–Crippen LogP) is 2.80. The highest BCUT2D eigenvalue weighted by atomic mass is 127. The Balaban J connectivity index is 0.00000320. The lowest BCUT2D eigenvalue weighted by molar-refractivity contribution is -0.00000614.